The fraction of sp³-hybridized carbons (Fsp3) is 1.00. The molecule has 0 amide bonds. The van der Waals surface area contributed by atoms with Crippen molar-refractivity contribution in [1.29, 1.82) is 0 Å². The molecule has 1 aliphatic heterocycles. The van der Waals surface area contributed by atoms with Gasteiger partial charge >= 0.3 is 0 Å². The van der Waals surface area contributed by atoms with Gasteiger partial charge in [0.1, 0.15) is 0 Å². The van der Waals surface area contributed by atoms with E-state index >= 15 is 0 Å². The maximum Gasteiger partial charge on any atom is 0.0593 e. The van der Waals surface area contributed by atoms with E-state index in [1.807, 2.05) is 0 Å². The zero-order valence-electron chi connectivity index (χ0n) is 12.7. The van der Waals surface area contributed by atoms with Crippen molar-refractivity contribution in [3.05, 3.63) is 0 Å². The minimum atomic E-state index is 0.595. The van der Waals surface area contributed by atoms with Gasteiger partial charge in [-0.15, -0.1) is 0 Å². The Kier molecular flexibility index (Phi) is 7.87. The standard InChI is InChI=1S/C15H32N2O/c1-13(2)7-10-18-11-9-17-8-5-6-15(12-17)16-14(3)4/h13-16H,5-12H2,1-4H3. The first-order valence-corrected chi connectivity index (χ1v) is 7.64. The van der Waals surface area contributed by atoms with E-state index in [-0.39, 0.29) is 0 Å². The van der Waals surface area contributed by atoms with E-state index in [1.165, 1.54) is 32.4 Å². The van der Waals surface area contributed by atoms with Crippen molar-refractivity contribution in [2.45, 2.75) is 59.0 Å². The van der Waals surface area contributed by atoms with Crippen LogP contribution < -0.4 is 5.32 Å². The summed E-state index contributed by atoms with van der Waals surface area (Å²) in [7, 11) is 0. The average molecular weight is 256 g/mol. The van der Waals surface area contributed by atoms with Crippen LogP contribution in [0.5, 0.6) is 0 Å². The third kappa shape index (κ3) is 7.34. The highest BCUT2D eigenvalue weighted by Gasteiger charge is 2.19. The van der Waals surface area contributed by atoms with Gasteiger partial charge in [0.05, 0.1) is 6.61 Å². The molecule has 1 unspecified atom stereocenters. The van der Waals surface area contributed by atoms with Crippen LogP contribution in [0.3, 0.4) is 0 Å². The van der Waals surface area contributed by atoms with E-state index in [0.29, 0.717) is 12.1 Å². The molecule has 1 heterocycles. The fourth-order valence-corrected chi connectivity index (χ4v) is 2.48. The summed E-state index contributed by atoms with van der Waals surface area (Å²) in [6.07, 6.45) is 3.82. The van der Waals surface area contributed by atoms with Crippen molar-refractivity contribution in [3.8, 4) is 0 Å². The third-order valence-corrected chi connectivity index (χ3v) is 3.47. The lowest BCUT2D eigenvalue weighted by Crippen LogP contribution is -2.48. The molecule has 0 aromatic rings. The second kappa shape index (κ2) is 8.89. The summed E-state index contributed by atoms with van der Waals surface area (Å²) in [5.74, 6) is 0.750. The highest BCUT2D eigenvalue weighted by molar-refractivity contribution is 4.79. The minimum Gasteiger partial charge on any atom is -0.380 e. The molecule has 3 nitrogen and oxygen atoms in total. The SMILES string of the molecule is CC(C)CCOCCN1CCCC(NC(C)C)C1. The number of piperidine rings is 1. The van der Waals surface area contributed by atoms with Crippen LogP contribution in [0.4, 0.5) is 0 Å². The van der Waals surface area contributed by atoms with Gasteiger partial charge < -0.3 is 10.1 Å². The van der Waals surface area contributed by atoms with Gasteiger partial charge in [-0.05, 0) is 31.7 Å². The molecule has 0 saturated carbocycles. The Morgan fingerprint density at radius 1 is 1.22 bits per heavy atom. The van der Waals surface area contributed by atoms with Crippen LogP contribution in [0.25, 0.3) is 0 Å². The van der Waals surface area contributed by atoms with Crippen molar-refractivity contribution in [2.75, 3.05) is 32.8 Å². The Morgan fingerprint density at radius 2 is 2.00 bits per heavy atom. The molecule has 1 rings (SSSR count). The molecule has 3 heteroatoms. The zero-order valence-corrected chi connectivity index (χ0v) is 12.7. The molecule has 1 fully saturated rings. The molecule has 0 radical (unpaired) electrons. The lowest BCUT2D eigenvalue weighted by atomic mass is 10.1. The number of nitrogens with zero attached hydrogens (tertiary/aromatic N) is 1. The molecule has 0 aliphatic carbocycles. The van der Waals surface area contributed by atoms with E-state index in [9.17, 15) is 0 Å². The first kappa shape index (κ1) is 15.9. The predicted molar refractivity (Wildman–Crippen MR) is 78.0 cm³/mol. The smallest absolute Gasteiger partial charge is 0.0593 e. The molecule has 0 aromatic carbocycles. The summed E-state index contributed by atoms with van der Waals surface area (Å²) >= 11 is 0. The van der Waals surface area contributed by atoms with Gasteiger partial charge in [0.2, 0.25) is 0 Å². The van der Waals surface area contributed by atoms with Crippen LogP contribution in [0.15, 0.2) is 0 Å². The van der Waals surface area contributed by atoms with Gasteiger partial charge in [-0.3, -0.25) is 4.90 Å². The summed E-state index contributed by atoms with van der Waals surface area (Å²) in [4.78, 5) is 2.54. The maximum absolute atomic E-state index is 5.70. The van der Waals surface area contributed by atoms with Crippen molar-refractivity contribution in [2.24, 2.45) is 5.92 Å². The lowest BCUT2D eigenvalue weighted by Gasteiger charge is -2.34. The van der Waals surface area contributed by atoms with Crippen LogP contribution in [0.1, 0.15) is 47.0 Å². The van der Waals surface area contributed by atoms with Gasteiger partial charge in [-0.1, -0.05) is 27.7 Å². The van der Waals surface area contributed by atoms with Gasteiger partial charge in [0.25, 0.3) is 0 Å². The molecule has 1 N–H and O–H groups in total. The van der Waals surface area contributed by atoms with Crippen molar-refractivity contribution in [3.63, 3.8) is 0 Å². The van der Waals surface area contributed by atoms with Crippen LogP contribution in [-0.2, 0) is 4.74 Å². The monoisotopic (exact) mass is 256 g/mol. The first-order valence-electron chi connectivity index (χ1n) is 7.64. The molecule has 18 heavy (non-hydrogen) atoms. The molecule has 0 spiro atoms. The molecule has 108 valence electrons. The van der Waals surface area contributed by atoms with Gasteiger partial charge in [0.15, 0.2) is 0 Å². The quantitative estimate of drug-likeness (QED) is 0.675. The third-order valence-electron chi connectivity index (χ3n) is 3.47. The van der Waals surface area contributed by atoms with Crippen LogP contribution >= 0.6 is 0 Å². The van der Waals surface area contributed by atoms with E-state index in [4.69, 9.17) is 4.74 Å². The van der Waals surface area contributed by atoms with Crippen molar-refractivity contribution in [1.82, 2.24) is 10.2 Å². The predicted octanol–water partition coefficient (Wildman–Crippen LogP) is 2.51. The highest BCUT2D eigenvalue weighted by atomic mass is 16.5. The molecule has 1 aliphatic rings. The molecule has 1 atom stereocenters. The van der Waals surface area contributed by atoms with Crippen LogP contribution in [-0.4, -0.2) is 49.8 Å². The van der Waals surface area contributed by atoms with Crippen LogP contribution in [0, 0.1) is 5.92 Å². The number of rotatable bonds is 8. The number of nitrogens with one attached hydrogen (secondary N) is 1. The zero-order chi connectivity index (χ0) is 13.4. The second-order valence-corrected chi connectivity index (χ2v) is 6.26. The lowest BCUT2D eigenvalue weighted by molar-refractivity contribution is 0.0831. The summed E-state index contributed by atoms with van der Waals surface area (Å²) in [5.41, 5.74) is 0. The molecular weight excluding hydrogens is 224 g/mol. The second-order valence-electron chi connectivity index (χ2n) is 6.26. The van der Waals surface area contributed by atoms with Crippen LogP contribution in [0.2, 0.25) is 0 Å². The first-order chi connectivity index (χ1) is 8.58. The fourth-order valence-electron chi connectivity index (χ4n) is 2.48. The number of ether oxygens (including phenoxy) is 1. The maximum atomic E-state index is 5.70. The normalized spacial score (nSPS) is 22.0. The van der Waals surface area contributed by atoms with E-state index in [1.54, 1.807) is 0 Å². The van der Waals surface area contributed by atoms with Crippen molar-refractivity contribution < 1.29 is 4.74 Å². The Morgan fingerprint density at radius 3 is 2.67 bits per heavy atom. The average Bonchev–Trinajstić information content (AvgIpc) is 2.27. The summed E-state index contributed by atoms with van der Waals surface area (Å²) in [5, 5.41) is 3.65. The summed E-state index contributed by atoms with van der Waals surface area (Å²) < 4.78 is 5.70. The molecule has 0 bridgehead atoms. The minimum absolute atomic E-state index is 0.595. The topological polar surface area (TPSA) is 24.5 Å². The summed E-state index contributed by atoms with van der Waals surface area (Å²) in [6, 6.07) is 1.27. The Labute approximate surface area is 113 Å². The molecule has 1 saturated heterocycles. The molecule has 0 aromatic heterocycles. The van der Waals surface area contributed by atoms with Gasteiger partial charge in [0, 0.05) is 31.8 Å². The Bertz CT molecular complexity index is 207. The van der Waals surface area contributed by atoms with E-state index in [2.05, 4.69) is 37.9 Å². The molecular formula is C15H32N2O. The van der Waals surface area contributed by atoms with Gasteiger partial charge in [-0.25, -0.2) is 0 Å². The Balaban J connectivity index is 2.07. The number of hydrogen-bond acceptors (Lipinski definition) is 3. The Hall–Kier alpha value is -0.120. The van der Waals surface area contributed by atoms with Gasteiger partial charge in [-0.2, -0.15) is 0 Å². The highest BCUT2D eigenvalue weighted by Crippen LogP contribution is 2.10. The van der Waals surface area contributed by atoms with E-state index in [0.717, 1.165) is 25.7 Å². The number of hydrogen-bond donors (Lipinski definition) is 1. The number of likely N-dealkylation sites (tertiary alicyclic amines) is 1. The summed E-state index contributed by atoms with van der Waals surface area (Å²) in [6.45, 7) is 14.3. The van der Waals surface area contributed by atoms with E-state index < -0.39 is 0 Å². The van der Waals surface area contributed by atoms with Crippen molar-refractivity contribution >= 4 is 0 Å². The largest absolute Gasteiger partial charge is 0.380 e.